The highest BCUT2D eigenvalue weighted by molar-refractivity contribution is 7.80. The number of benzene rings is 2. The van der Waals surface area contributed by atoms with E-state index in [4.69, 9.17) is 47.0 Å². The van der Waals surface area contributed by atoms with Crippen LogP contribution in [0, 0.1) is 0 Å². The fourth-order valence-electron chi connectivity index (χ4n) is 1.51. The fourth-order valence-corrected chi connectivity index (χ4v) is 2.22. The third-order valence-electron chi connectivity index (χ3n) is 2.43. The van der Waals surface area contributed by atoms with Crippen LogP contribution >= 0.6 is 47.0 Å². The summed E-state index contributed by atoms with van der Waals surface area (Å²) in [6.45, 7) is 0. The number of thiocarbonyl (C=S) groups is 1. The van der Waals surface area contributed by atoms with Crippen LogP contribution in [0.1, 0.15) is 5.56 Å². The zero-order chi connectivity index (χ0) is 15.2. The van der Waals surface area contributed by atoms with Crippen LogP contribution in [0.25, 0.3) is 0 Å². The molecule has 2 aromatic rings. The Bertz CT molecular complexity index is 689. The molecule has 0 heterocycles. The van der Waals surface area contributed by atoms with Crippen LogP contribution in [0.5, 0.6) is 0 Å². The summed E-state index contributed by atoms with van der Waals surface area (Å²) < 4.78 is 0. The topological polar surface area (TPSA) is 36.4 Å². The van der Waals surface area contributed by atoms with Crippen molar-refractivity contribution in [2.24, 2.45) is 5.10 Å². The number of nitrogens with zero attached hydrogens (tertiary/aromatic N) is 1. The molecule has 0 atom stereocenters. The third kappa shape index (κ3) is 4.86. The molecule has 0 amide bonds. The quantitative estimate of drug-likeness (QED) is 0.462. The lowest BCUT2D eigenvalue weighted by atomic mass is 10.2. The van der Waals surface area contributed by atoms with Crippen LogP contribution in [0.15, 0.2) is 47.6 Å². The third-order valence-corrected chi connectivity index (χ3v) is 3.70. The van der Waals surface area contributed by atoms with Gasteiger partial charge < -0.3 is 5.32 Å². The molecule has 0 aromatic heterocycles. The monoisotopic (exact) mass is 357 g/mol. The maximum absolute atomic E-state index is 6.04. The molecule has 0 spiro atoms. The number of anilines is 1. The van der Waals surface area contributed by atoms with Crippen molar-refractivity contribution in [1.29, 1.82) is 0 Å². The van der Waals surface area contributed by atoms with E-state index in [9.17, 15) is 0 Å². The van der Waals surface area contributed by atoms with E-state index in [0.29, 0.717) is 25.7 Å². The van der Waals surface area contributed by atoms with Gasteiger partial charge in [0.25, 0.3) is 0 Å². The minimum atomic E-state index is 0.340. The second-order valence-electron chi connectivity index (χ2n) is 3.98. The van der Waals surface area contributed by atoms with Crippen molar-refractivity contribution >= 4 is 64.0 Å². The molecule has 0 saturated carbocycles. The normalized spacial score (nSPS) is 10.6. The van der Waals surface area contributed by atoms with Crippen LogP contribution in [-0.2, 0) is 0 Å². The number of halogens is 3. The van der Waals surface area contributed by atoms with Crippen molar-refractivity contribution in [2.45, 2.75) is 0 Å². The Hall–Kier alpha value is -1.33. The number of rotatable bonds is 3. The maximum Gasteiger partial charge on any atom is 0.191 e. The van der Waals surface area contributed by atoms with Gasteiger partial charge in [0, 0.05) is 16.3 Å². The van der Waals surface area contributed by atoms with Crippen LogP contribution in [-0.4, -0.2) is 11.3 Å². The standard InChI is InChI=1S/C14H10Cl3N3S/c15-10-4-2-5-11(7-10)19-14(21)20-18-8-9-3-1-6-12(16)13(9)17/h1-8H,(H2,19,20,21)/b18-8+. The van der Waals surface area contributed by atoms with Crippen LogP contribution in [0.2, 0.25) is 15.1 Å². The molecule has 0 unspecified atom stereocenters. The Morgan fingerprint density at radius 2 is 1.86 bits per heavy atom. The predicted molar refractivity (Wildman–Crippen MR) is 94.9 cm³/mol. The summed E-state index contributed by atoms with van der Waals surface area (Å²) in [7, 11) is 0. The van der Waals surface area contributed by atoms with Crippen LogP contribution in [0.3, 0.4) is 0 Å². The van der Waals surface area contributed by atoms with Crippen molar-refractivity contribution in [3.63, 3.8) is 0 Å². The largest absolute Gasteiger partial charge is 0.331 e. The molecule has 2 rings (SSSR count). The lowest BCUT2D eigenvalue weighted by Crippen LogP contribution is -2.23. The van der Waals surface area contributed by atoms with Gasteiger partial charge in [-0.25, -0.2) is 0 Å². The molecule has 0 aliphatic carbocycles. The summed E-state index contributed by atoms with van der Waals surface area (Å²) in [4.78, 5) is 0. The van der Waals surface area contributed by atoms with Gasteiger partial charge in [0.2, 0.25) is 0 Å². The number of hydrazone groups is 1. The lowest BCUT2D eigenvalue weighted by Gasteiger charge is -2.07. The van der Waals surface area contributed by atoms with E-state index in [-0.39, 0.29) is 0 Å². The van der Waals surface area contributed by atoms with Crippen LogP contribution in [0.4, 0.5) is 5.69 Å². The highest BCUT2D eigenvalue weighted by Gasteiger charge is 2.01. The molecule has 2 aromatic carbocycles. The summed E-state index contributed by atoms with van der Waals surface area (Å²) in [6.07, 6.45) is 1.54. The molecule has 108 valence electrons. The second-order valence-corrected chi connectivity index (χ2v) is 5.61. The summed E-state index contributed by atoms with van der Waals surface area (Å²) in [5.74, 6) is 0. The predicted octanol–water partition coefficient (Wildman–Crippen LogP) is 4.97. The van der Waals surface area contributed by atoms with Gasteiger partial charge >= 0.3 is 0 Å². The van der Waals surface area contributed by atoms with E-state index >= 15 is 0 Å². The smallest absolute Gasteiger partial charge is 0.191 e. The SMILES string of the molecule is S=C(N/N=C/c1cccc(Cl)c1Cl)Nc1cccc(Cl)c1. The molecule has 7 heteroatoms. The second kappa shape index (κ2) is 7.61. The first-order chi connectivity index (χ1) is 10.1. The molecule has 0 aliphatic rings. The van der Waals surface area contributed by atoms with Crippen LogP contribution < -0.4 is 10.7 Å². The number of nitrogens with one attached hydrogen (secondary N) is 2. The molecule has 0 aliphatic heterocycles. The Labute approximate surface area is 142 Å². The van der Waals surface area contributed by atoms with E-state index in [1.807, 2.05) is 12.1 Å². The Morgan fingerprint density at radius 1 is 1.10 bits per heavy atom. The maximum atomic E-state index is 6.04. The highest BCUT2D eigenvalue weighted by atomic mass is 35.5. The molecular formula is C14H10Cl3N3S. The molecule has 0 radical (unpaired) electrons. The van der Waals surface area contributed by atoms with Crippen molar-refractivity contribution in [3.8, 4) is 0 Å². The summed E-state index contributed by atoms with van der Waals surface area (Å²) in [6, 6.07) is 12.5. The summed E-state index contributed by atoms with van der Waals surface area (Å²) in [5, 5.41) is 8.84. The molecule has 3 nitrogen and oxygen atoms in total. The van der Waals surface area contributed by atoms with Gasteiger partial charge in [-0.3, -0.25) is 5.43 Å². The fraction of sp³-hybridized carbons (Fsp3) is 0. The zero-order valence-electron chi connectivity index (χ0n) is 10.6. The van der Waals surface area contributed by atoms with Gasteiger partial charge in [-0.1, -0.05) is 53.0 Å². The Morgan fingerprint density at radius 3 is 2.62 bits per heavy atom. The van der Waals surface area contributed by atoms with E-state index in [0.717, 1.165) is 5.69 Å². The summed E-state index contributed by atoms with van der Waals surface area (Å²) >= 11 is 23.0. The first-order valence-corrected chi connectivity index (χ1v) is 7.40. The minimum absolute atomic E-state index is 0.340. The van der Waals surface area contributed by atoms with E-state index < -0.39 is 0 Å². The van der Waals surface area contributed by atoms with Crippen molar-refractivity contribution < 1.29 is 0 Å². The molecule has 0 bridgehead atoms. The Balaban J connectivity index is 1.95. The van der Waals surface area contributed by atoms with E-state index in [1.165, 1.54) is 0 Å². The van der Waals surface area contributed by atoms with E-state index in [1.54, 1.807) is 36.5 Å². The molecule has 0 saturated heterocycles. The van der Waals surface area contributed by atoms with E-state index in [2.05, 4.69) is 15.8 Å². The average molecular weight is 359 g/mol. The van der Waals surface area contributed by atoms with Gasteiger partial charge in [-0.15, -0.1) is 0 Å². The van der Waals surface area contributed by atoms with Crippen molar-refractivity contribution in [3.05, 3.63) is 63.1 Å². The molecule has 2 N–H and O–H groups in total. The average Bonchev–Trinajstić information content (AvgIpc) is 2.43. The van der Waals surface area contributed by atoms with Gasteiger partial charge in [-0.05, 0) is 36.5 Å². The van der Waals surface area contributed by atoms with Crippen molar-refractivity contribution in [1.82, 2.24) is 5.43 Å². The molecule has 0 fully saturated rings. The summed E-state index contributed by atoms with van der Waals surface area (Å²) in [5.41, 5.74) is 4.16. The lowest BCUT2D eigenvalue weighted by molar-refractivity contribution is 1.05. The van der Waals surface area contributed by atoms with Gasteiger partial charge in [0.1, 0.15) is 0 Å². The first kappa shape index (κ1) is 16.0. The number of hydrogen-bond acceptors (Lipinski definition) is 2. The molecular weight excluding hydrogens is 349 g/mol. The minimum Gasteiger partial charge on any atom is -0.331 e. The first-order valence-electron chi connectivity index (χ1n) is 5.86. The van der Waals surface area contributed by atoms with Gasteiger partial charge in [-0.2, -0.15) is 5.10 Å². The zero-order valence-corrected chi connectivity index (χ0v) is 13.7. The number of hydrogen-bond donors (Lipinski definition) is 2. The van der Waals surface area contributed by atoms with Gasteiger partial charge in [0.15, 0.2) is 5.11 Å². The molecule has 21 heavy (non-hydrogen) atoms. The van der Waals surface area contributed by atoms with Crippen molar-refractivity contribution in [2.75, 3.05) is 5.32 Å². The van der Waals surface area contributed by atoms with Gasteiger partial charge in [0.05, 0.1) is 16.3 Å². The Kier molecular flexibility index (Phi) is 5.82. The highest BCUT2D eigenvalue weighted by Crippen LogP contribution is 2.24.